The Labute approximate surface area is 170 Å². The number of ether oxygens (including phenoxy) is 2. The van der Waals surface area contributed by atoms with E-state index in [2.05, 4.69) is 11.4 Å². The highest BCUT2D eigenvalue weighted by Gasteiger charge is 2.33. The van der Waals surface area contributed by atoms with E-state index in [0.717, 1.165) is 24.8 Å². The summed E-state index contributed by atoms with van der Waals surface area (Å²) in [5.74, 6) is -0.531. The van der Waals surface area contributed by atoms with Gasteiger partial charge < -0.3 is 14.8 Å². The Bertz CT molecular complexity index is 883. The smallest absolute Gasteiger partial charge is 0.338 e. The van der Waals surface area contributed by atoms with Crippen LogP contribution >= 0.6 is 0 Å². The van der Waals surface area contributed by atoms with Crippen molar-refractivity contribution in [3.05, 3.63) is 65.7 Å². The van der Waals surface area contributed by atoms with E-state index >= 15 is 0 Å². The minimum atomic E-state index is -0.840. The molecule has 1 aliphatic rings. The molecule has 0 spiro atoms. The first-order valence-electron chi connectivity index (χ1n) is 9.76. The van der Waals surface area contributed by atoms with Crippen LogP contribution in [0.2, 0.25) is 0 Å². The third kappa shape index (κ3) is 5.82. The van der Waals surface area contributed by atoms with E-state index < -0.39 is 24.0 Å². The Morgan fingerprint density at radius 1 is 1.03 bits per heavy atom. The highest BCUT2D eigenvalue weighted by Crippen LogP contribution is 2.27. The summed E-state index contributed by atoms with van der Waals surface area (Å²) in [7, 11) is 0. The van der Waals surface area contributed by atoms with Gasteiger partial charge in [0, 0.05) is 0 Å². The quantitative estimate of drug-likeness (QED) is 0.725. The molecule has 0 saturated heterocycles. The molecule has 0 aliphatic heterocycles. The molecule has 150 valence electrons. The first-order valence-corrected chi connectivity index (χ1v) is 9.76. The number of nitrogens with zero attached hydrogens (tertiary/aromatic N) is 1. The lowest BCUT2D eigenvalue weighted by Crippen LogP contribution is -2.50. The van der Waals surface area contributed by atoms with Gasteiger partial charge in [-0.05, 0) is 36.6 Å². The summed E-state index contributed by atoms with van der Waals surface area (Å²) in [6.45, 7) is -0.0324. The highest BCUT2D eigenvalue weighted by atomic mass is 16.5. The molecule has 6 heteroatoms. The molecule has 29 heavy (non-hydrogen) atoms. The molecule has 6 nitrogen and oxygen atoms in total. The van der Waals surface area contributed by atoms with Gasteiger partial charge in [-0.15, -0.1) is 0 Å². The topological polar surface area (TPSA) is 88.4 Å². The second-order valence-electron chi connectivity index (χ2n) is 7.18. The SMILES string of the molecule is N#CC1(NC(=O)COC(=O)c2cccc(OCc3ccccc3)c2)CCCCC1. The van der Waals surface area contributed by atoms with Crippen molar-refractivity contribution >= 4 is 11.9 Å². The Kier molecular flexibility index (Phi) is 6.85. The monoisotopic (exact) mass is 392 g/mol. The summed E-state index contributed by atoms with van der Waals surface area (Å²) in [6, 6.07) is 18.6. The molecule has 3 rings (SSSR count). The van der Waals surface area contributed by atoms with Crippen LogP contribution in [0.3, 0.4) is 0 Å². The normalized spacial score (nSPS) is 15.0. The second kappa shape index (κ2) is 9.74. The molecule has 0 atom stereocenters. The van der Waals surface area contributed by atoms with Crippen LogP contribution in [0, 0.1) is 11.3 Å². The molecule has 2 aromatic rings. The maximum atomic E-state index is 12.3. The van der Waals surface area contributed by atoms with Gasteiger partial charge in [0.2, 0.25) is 0 Å². The van der Waals surface area contributed by atoms with E-state index in [1.54, 1.807) is 24.3 Å². The molecule has 1 amide bonds. The molecule has 1 saturated carbocycles. The molecule has 0 unspecified atom stereocenters. The van der Waals surface area contributed by atoms with Crippen LogP contribution in [0.5, 0.6) is 5.75 Å². The van der Waals surface area contributed by atoms with Gasteiger partial charge in [0.05, 0.1) is 11.6 Å². The van der Waals surface area contributed by atoms with Crippen LogP contribution in [-0.2, 0) is 16.1 Å². The number of hydrogen-bond donors (Lipinski definition) is 1. The van der Waals surface area contributed by atoms with E-state index in [1.165, 1.54) is 0 Å². The first kappa shape index (κ1) is 20.4. The Morgan fingerprint density at radius 3 is 2.52 bits per heavy atom. The minimum Gasteiger partial charge on any atom is -0.489 e. The van der Waals surface area contributed by atoms with Gasteiger partial charge >= 0.3 is 5.97 Å². The van der Waals surface area contributed by atoms with Gasteiger partial charge in [-0.1, -0.05) is 55.7 Å². The lowest BCUT2D eigenvalue weighted by atomic mass is 9.83. The average Bonchev–Trinajstić information content (AvgIpc) is 2.77. The summed E-state index contributed by atoms with van der Waals surface area (Å²) in [4.78, 5) is 24.5. The van der Waals surface area contributed by atoms with Gasteiger partial charge in [0.1, 0.15) is 17.9 Å². The van der Waals surface area contributed by atoms with Crippen LogP contribution in [0.25, 0.3) is 0 Å². The van der Waals surface area contributed by atoms with Gasteiger partial charge in [-0.2, -0.15) is 5.26 Å². The summed E-state index contributed by atoms with van der Waals surface area (Å²) in [5, 5.41) is 12.2. The Hall–Kier alpha value is -3.33. The van der Waals surface area contributed by atoms with Crippen molar-refractivity contribution in [3.8, 4) is 11.8 Å². The van der Waals surface area contributed by atoms with E-state index in [-0.39, 0.29) is 0 Å². The lowest BCUT2D eigenvalue weighted by Gasteiger charge is -2.31. The minimum absolute atomic E-state index is 0.302. The Balaban J connectivity index is 1.51. The molecule has 0 bridgehead atoms. The third-order valence-corrected chi connectivity index (χ3v) is 4.95. The lowest BCUT2D eigenvalue weighted by molar-refractivity contribution is -0.125. The number of esters is 1. The van der Waals surface area contributed by atoms with Crippen molar-refractivity contribution in [1.29, 1.82) is 5.26 Å². The van der Waals surface area contributed by atoms with Gasteiger partial charge in [-0.25, -0.2) is 4.79 Å². The largest absolute Gasteiger partial charge is 0.489 e. The summed E-state index contributed by atoms with van der Waals surface area (Å²) >= 11 is 0. The zero-order chi connectivity index (χ0) is 20.5. The maximum Gasteiger partial charge on any atom is 0.338 e. The molecule has 1 aliphatic carbocycles. The predicted molar refractivity (Wildman–Crippen MR) is 107 cm³/mol. The highest BCUT2D eigenvalue weighted by molar-refractivity contribution is 5.91. The molecule has 2 aromatic carbocycles. The van der Waals surface area contributed by atoms with E-state index in [0.29, 0.717) is 30.8 Å². The average molecular weight is 392 g/mol. The molecule has 1 N–H and O–H groups in total. The second-order valence-corrected chi connectivity index (χ2v) is 7.18. The summed E-state index contributed by atoms with van der Waals surface area (Å²) in [6.07, 6.45) is 4.14. The van der Waals surface area contributed by atoms with Crippen LogP contribution in [0.1, 0.15) is 48.0 Å². The molecule has 0 heterocycles. The number of rotatable bonds is 7. The van der Waals surface area contributed by atoms with E-state index in [4.69, 9.17) is 9.47 Å². The summed E-state index contributed by atoms with van der Waals surface area (Å²) in [5.41, 5.74) is 0.481. The van der Waals surface area contributed by atoms with Crippen LogP contribution in [0.4, 0.5) is 0 Å². The first-order chi connectivity index (χ1) is 14.1. The number of nitriles is 1. The number of benzene rings is 2. The standard InChI is InChI=1S/C23H24N2O4/c24-17-23(12-5-2-6-13-23)25-21(26)16-29-22(27)19-10-7-11-20(14-19)28-15-18-8-3-1-4-9-18/h1,3-4,7-11,14H,2,5-6,12-13,15-16H2,(H,25,26). The van der Waals surface area contributed by atoms with Crippen molar-refractivity contribution in [1.82, 2.24) is 5.32 Å². The van der Waals surface area contributed by atoms with Crippen LogP contribution in [-0.4, -0.2) is 24.0 Å². The van der Waals surface area contributed by atoms with Crippen molar-refractivity contribution in [3.63, 3.8) is 0 Å². The fourth-order valence-electron chi connectivity index (χ4n) is 3.39. The number of hydrogen-bond acceptors (Lipinski definition) is 5. The van der Waals surface area contributed by atoms with E-state index in [9.17, 15) is 14.9 Å². The van der Waals surface area contributed by atoms with Gasteiger partial charge in [-0.3, -0.25) is 4.79 Å². The van der Waals surface area contributed by atoms with Gasteiger partial charge in [0.25, 0.3) is 5.91 Å². The van der Waals surface area contributed by atoms with E-state index in [1.807, 2.05) is 30.3 Å². The fourth-order valence-corrected chi connectivity index (χ4v) is 3.39. The number of carbonyl (C=O) groups is 2. The van der Waals surface area contributed by atoms with Crippen molar-refractivity contribution in [2.45, 2.75) is 44.2 Å². The summed E-state index contributed by atoms with van der Waals surface area (Å²) < 4.78 is 10.8. The molecular formula is C23H24N2O4. The molecule has 1 fully saturated rings. The number of nitrogens with one attached hydrogen (secondary N) is 1. The molecule has 0 radical (unpaired) electrons. The predicted octanol–water partition coefficient (Wildman–Crippen LogP) is 3.77. The van der Waals surface area contributed by atoms with Crippen molar-refractivity contribution in [2.75, 3.05) is 6.61 Å². The number of carbonyl (C=O) groups excluding carboxylic acids is 2. The zero-order valence-corrected chi connectivity index (χ0v) is 16.2. The molecule has 0 aromatic heterocycles. The van der Waals surface area contributed by atoms with Crippen molar-refractivity contribution in [2.24, 2.45) is 0 Å². The van der Waals surface area contributed by atoms with Crippen LogP contribution < -0.4 is 10.1 Å². The maximum absolute atomic E-state index is 12.3. The number of amides is 1. The third-order valence-electron chi connectivity index (χ3n) is 4.95. The Morgan fingerprint density at radius 2 is 1.79 bits per heavy atom. The van der Waals surface area contributed by atoms with Gasteiger partial charge in [0.15, 0.2) is 6.61 Å². The molecular weight excluding hydrogens is 368 g/mol. The van der Waals surface area contributed by atoms with Crippen LogP contribution in [0.15, 0.2) is 54.6 Å². The fraction of sp³-hybridized carbons (Fsp3) is 0.348. The van der Waals surface area contributed by atoms with Crippen molar-refractivity contribution < 1.29 is 19.1 Å². The zero-order valence-electron chi connectivity index (χ0n) is 16.2.